The molecule has 1 unspecified atom stereocenters. The summed E-state index contributed by atoms with van der Waals surface area (Å²) in [7, 11) is 0. The van der Waals surface area contributed by atoms with E-state index >= 15 is 0 Å². The molecule has 2 aliphatic heterocycles. The van der Waals surface area contributed by atoms with Crippen LogP contribution < -0.4 is 0 Å². The van der Waals surface area contributed by atoms with Crippen LogP contribution in [-0.4, -0.2) is 68.5 Å². The van der Waals surface area contributed by atoms with E-state index in [2.05, 4.69) is 9.97 Å². The molecular weight excluding hydrogens is 272 g/mol. The summed E-state index contributed by atoms with van der Waals surface area (Å²) in [5.41, 5.74) is -0.739. The minimum atomic E-state index is -0.739. The molecule has 0 bridgehead atoms. The summed E-state index contributed by atoms with van der Waals surface area (Å²) in [6, 6.07) is 0. The molecule has 0 radical (unpaired) electrons. The molecule has 7 nitrogen and oxygen atoms in total. The first-order valence-corrected chi connectivity index (χ1v) is 7.40. The summed E-state index contributed by atoms with van der Waals surface area (Å²) >= 11 is 0. The van der Waals surface area contributed by atoms with Gasteiger partial charge in [-0.2, -0.15) is 0 Å². The molecule has 1 atom stereocenters. The smallest absolute Gasteiger partial charge is 0.290 e. The lowest BCUT2D eigenvalue weighted by molar-refractivity contribution is -0.146. The zero-order valence-corrected chi connectivity index (χ0v) is 11.9. The number of aliphatic hydroxyl groups is 1. The minimum absolute atomic E-state index is 0.0276. The van der Waals surface area contributed by atoms with Gasteiger partial charge < -0.3 is 19.9 Å². The zero-order valence-electron chi connectivity index (χ0n) is 11.9. The van der Waals surface area contributed by atoms with E-state index in [1.807, 2.05) is 0 Å². The van der Waals surface area contributed by atoms with Gasteiger partial charge in [0.25, 0.3) is 5.91 Å². The van der Waals surface area contributed by atoms with Crippen LogP contribution in [0, 0.1) is 0 Å². The number of H-pyrrole nitrogens is 1. The highest BCUT2D eigenvalue weighted by molar-refractivity contribution is 5.98. The normalized spacial score (nSPS) is 25.9. The Kier molecular flexibility index (Phi) is 3.67. The summed E-state index contributed by atoms with van der Waals surface area (Å²) in [4.78, 5) is 35.6. The first kappa shape index (κ1) is 14.1. The van der Waals surface area contributed by atoms with Crippen LogP contribution in [0.5, 0.6) is 0 Å². The van der Waals surface area contributed by atoms with Gasteiger partial charge in [-0.15, -0.1) is 0 Å². The predicted molar refractivity (Wildman–Crippen MR) is 74.5 cm³/mol. The van der Waals surface area contributed by atoms with Gasteiger partial charge in [-0.05, 0) is 25.7 Å². The molecule has 2 saturated heterocycles. The number of hydrogen-bond acceptors (Lipinski definition) is 4. The van der Waals surface area contributed by atoms with Crippen LogP contribution in [0.3, 0.4) is 0 Å². The highest BCUT2D eigenvalue weighted by Gasteiger charge is 2.53. The molecule has 21 heavy (non-hydrogen) atoms. The lowest BCUT2D eigenvalue weighted by Gasteiger charge is -2.44. The predicted octanol–water partition coefficient (Wildman–Crippen LogP) is -0.000800. The number of β-amino-alcohol motifs (C(OH)–C–C–N with tert-alkyl or cyclic N) is 1. The molecular formula is C14H20N4O3. The van der Waals surface area contributed by atoms with Gasteiger partial charge in [-0.3, -0.25) is 9.59 Å². The standard InChI is InChI=1S/C14H20N4O3/c19-10-9-17-7-1-3-14(13(17)21)4-2-8-18(14)12(20)11-15-5-6-16-11/h5-6,19H,1-4,7-10H2,(H,15,16). The van der Waals surface area contributed by atoms with E-state index in [4.69, 9.17) is 5.11 Å². The molecule has 2 N–H and O–H groups in total. The number of amides is 2. The fraction of sp³-hybridized carbons (Fsp3) is 0.643. The third-order valence-corrected chi connectivity index (χ3v) is 4.51. The molecule has 0 aromatic carbocycles. The van der Waals surface area contributed by atoms with Crippen LogP contribution in [-0.2, 0) is 4.79 Å². The topological polar surface area (TPSA) is 89.5 Å². The van der Waals surface area contributed by atoms with E-state index in [1.165, 1.54) is 6.20 Å². The summed E-state index contributed by atoms with van der Waals surface area (Å²) < 4.78 is 0. The van der Waals surface area contributed by atoms with Gasteiger partial charge in [0.05, 0.1) is 6.61 Å². The van der Waals surface area contributed by atoms with Crippen molar-refractivity contribution in [1.82, 2.24) is 19.8 Å². The van der Waals surface area contributed by atoms with Crippen molar-refractivity contribution in [3.63, 3.8) is 0 Å². The third kappa shape index (κ3) is 2.21. The van der Waals surface area contributed by atoms with Crippen LogP contribution >= 0.6 is 0 Å². The summed E-state index contributed by atoms with van der Waals surface area (Å²) in [5.74, 6) is 0.0419. The van der Waals surface area contributed by atoms with Gasteiger partial charge in [0, 0.05) is 32.0 Å². The van der Waals surface area contributed by atoms with Crippen molar-refractivity contribution in [2.75, 3.05) is 26.2 Å². The second kappa shape index (κ2) is 5.48. The second-order valence-electron chi connectivity index (χ2n) is 5.65. The molecule has 0 aliphatic carbocycles. The van der Waals surface area contributed by atoms with Crippen LogP contribution in [0.4, 0.5) is 0 Å². The van der Waals surface area contributed by atoms with Crippen molar-refractivity contribution >= 4 is 11.8 Å². The van der Waals surface area contributed by atoms with Gasteiger partial charge >= 0.3 is 0 Å². The monoisotopic (exact) mass is 292 g/mol. The zero-order chi connectivity index (χ0) is 14.9. The first-order chi connectivity index (χ1) is 10.2. The number of likely N-dealkylation sites (tertiary alicyclic amines) is 2. The molecule has 2 fully saturated rings. The second-order valence-corrected chi connectivity index (χ2v) is 5.65. The number of piperidine rings is 1. The average Bonchev–Trinajstić information content (AvgIpc) is 3.14. The Morgan fingerprint density at radius 2 is 2.14 bits per heavy atom. The van der Waals surface area contributed by atoms with Crippen LogP contribution in [0.25, 0.3) is 0 Å². The van der Waals surface area contributed by atoms with Crippen molar-refractivity contribution in [2.45, 2.75) is 31.2 Å². The maximum Gasteiger partial charge on any atom is 0.290 e. The molecule has 1 aromatic heterocycles. The molecule has 1 aromatic rings. The Labute approximate surface area is 122 Å². The number of carbonyl (C=O) groups excluding carboxylic acids is 2. The Hall–Kier alpha value is -1.89. The van der Waals surface area contributed by atoms with Crippen molar-refractivity contribution < 1.29 is 14.7 Å². The Morgan fingerprint density at radius 3 is 2.81 bits per heavy atom. The Bertz CT molecular complexity index is 528. The molecule has 2 amide bonds. The minimum Gasteiger partial charge on any atom is -0.395 e. The molecule has 1 spiro atoms. The van der Waals surface area contributed by atoms with Crippen molar-refractivity contribution in [2.24, 2.45) is 0 Å². The number of hydrogen-bond donors (Lipinski definition) is 2. The average molecular weight is 292 g/mol. The van der Waals surface area contributed by atoms with Gasteiger partial charge in [0.15, 0.2) is 5.82 Å². The van der Waals surface area contributed by atoms with Crippen LogP contribution in [0.1, 0.15) is 36.3 Å². The number of nitrogens with one attached hydrogen (secondary N) is 1. The number of imidazole rings is 1. The highest BCUT2D eigenvalue weighted by atomic mass is 16.3. The van der Waals surface area contributed by atoms with Gasteiger partial charge in [-0.1, -0.05) is 0 Å². The maximum atomic E-state index is 12.8. The number of rotatable bonds is 3. The Balaban J connectivity index is 1.88. The molecule has 114 valence electrons. The lowest BCUT2D eigenvalue weighted by Crippen LogP contribution is -2.61. The number of nitrogens with zero attached hydrogens (tertiary/aromatic N) is 3. The van der Waals surface area contributed by atoms with E-state index in [1.54, 1.807) is 16.0 Å². The van der Waals surface area contributed by atoms with Crippen molar-refractivity contribution in [1.29, 1.82) is 0 Å². The molecule has 2 aliphatic rings. The summed E-state index contributed by atoms with van der Waals surface area (Å²) in [5, 5.41) is 9.10. The van der Waals surface area contributed by atoms with E-state index in [0.29, 0.717) is 32.5 Å². The summed E-state index contributed by atoms with van der Waals surface area (Å²) in [6.07, 6.45) is 6.21. The fourth-order valence-electron chi connectivity index (χ4n) is 3.57. The largest absolute Gasteiger partial charge is 0.395 e. The van der Waals surface area contributed by atoms with Crippen molar-refractivity contribution in [3.05, 3.63) is 18.2 Å². The van der Waals surface area contributed by atoms with E-state index < -0.39 is 5.54 Å². The fourth-order valence-corrected chi connectivity index (χ4v) is 3.57. The number of carbonyl (C=O) groups is 2. The number of aliphatic hydroxyl groups excluding tert-OH is 1. The molecule has 0 saturated carbocycles. The molecule has 7 heteroatoms. The number of aromatic nitrogens is 2. The summed E-state index contributed by atoms with van der Waals surface area (Å²) in [6.45, 7) is 1.53. The Morgan fingerprint density at radius 1 is 1.38 bits per heavy atom. The quantitative estimate of drug-likeness (QED) is 0.820. The van der Waals surface area contributed by atoms with Gasteiger partial charge in [-0.25, -0.2) is 4.98 Å². The maximum absolute atomic E-state index is 12.8. The van der Waals surface area contributed by atoms with E-state index in [9.17, 15) is 9.59 Å². The van der Waals surface area contributed by atoms with Crippen LogP contribution in [0.15, 0.2) is 12.4 Å². The molecule has 3 rings (SSSR count). The van der Waals surface area contributed by atoms with Crippen molar-refractivity contribution in [3.8, 4) is 0 Å². The first-order valence-electron chi connectivity index (χ1n) is 7.40. The lowest BCUT2D eigenvalue weighted by atomic mass is 9.85. The highest BCUT2D eigenvalue weighted by Crippen LogP contribution is 2.38. The number of aromatic amines is 1. The van der Waals surface area contributed by atoms with Gasteiger partial charge in [0.2, 0.25) is 5.91 Å². The molecule has 3 heterocycles. The third-order valence-electron chi connectivity index (χ3n) is 4.51. The van der Waals surface area contributed by atoms with E-state index in [0.717, 1.165) is 12.8 Å². The van der Waals surface area contributed by atoms with E-state index in [-0.39, 0.29) is 24.2 Å². The van der Waals surface area contributed by atoms with Crippen LogP contribution in [0.2, 0.25) is 0 Å². The van der Waals surface area contributed by atoms with Gasteiger partial charge in [0.1, 0.15) is 5.54 Å². The SMILES string of the molecule is O=C(c1ncc[nH]1)N1CCCC12CCCN(CCO)C2=O.